The first-order chi connectivity index (χ1) is 16.6. The molecule has 1 amide bonds. The van der Waals surface area contributed by atoms with E-state index < -0.39 is 11.7 Å². The monoisotopic (exact) mass is 480 g/mol. The predicted molar refractivity (Wildman–Crippen MR) is 126 cm³/mol. The van der Waals surface area contributed by atoms with Crippen LogP contribution in [0.15, 0.2) is 60.8 Å². The SMILES string of the molecule is CC1(C)C[C@H](c2ccccc2)Nc2c(C(=O)N3C[C@@H]4CC4(c4cccc(C(F)(F)F)c4)C3)cnn21. The third-order valence-corrected chi connectivity index (χ3v) is 7.99. The van der Waals surface area contributed by atoms with Crippen LogP contribution in [0.2, 0.25) is 0 Å². The molecule has 5 nitrogen and oxygen atoms in total. The molecule has 3 atom stereocenters. The summed E-state index contributed by atoms with van der Waals surface area (Å²) in [5.74, 6) is 0.762. The third-order valence-electron chi connectivity index (χ3n) is 7.99. The van der Waals surface area contributed by atoms with Gasteiger partial charge in [-0.25, -0.2) is 4.68 Å². The van der Waals surface area contributed by atoms with E-state index in [-0.39, 0.29) is 28.8 Å². The molecule has 0 radical (unpaired) electrons. The van der Waals surface area contributed by atoms with E-state index in [9.17, 15) is 18.0 Å². The number of hydrogen-bond acceptors (Lipinski definition) is 3. The standard InChI is InChI=1S/C27H27F3N4O/c1-25(2)13-22(17-7-4-3-5-8-17)32-23-21(14-31-34(23)25)24(35)33-15-20-12-26(20,16-33)18-9-6-10-19(11-18)27(28,29)30/h3-11,14,20,22,32H,12-13,15-16H2,1-2H3/t20-,22+,26?/m0/s1. The van der Waals surface area contributed by atoms with Gasteiger partial charge >= 0.3 is 6.18 Å². The summed E-state index contributed by atoms with van der Waals surface area (Å²) in [6.07, 6.45) is -1.12. The Morgan fingerprint density at radius 3 is 2.60 bits per heavy atom. The van der Waals surface area contributed by atoms with Crippen molar-refractivity contribution in [1.82, 2.24) is 14.7 Å². The number of nitrogens with one attached hydrogen (secondary N) is 1. The van der Waals surface area contributed by atoms with Crippen LogP contribution in [0.1, 0.15) is 59.8 Å². The highest BCUT2D eigenvalue weighted by Gasteiger charge is 2.62. The second-order valence-electron chi connectivity index (χ2n) is 10.8. The van der Waals surface area contributed by atoms with Gasteiger partial charge in [0.1, 0.15) is 11.4 Å². The number of benzene rings is 2. The molecule has 2 aliphatic heterocycles. The Balaban J connectivity index is 1.27. The van der Waals surface area contributed by atoms with Gasteiger partial charge in [-0.05, 0) is 49.8 Å². The van der Waals surface area contributed by atoms with E-state index in [1.54, 1.807) is 17.2 Å². The normalized spacial score (nSPS) is 26.6. The van der Waals surface area contributed by atoms with Gasteiger partial charge < -0.3 is 10.2 Å². The van der Waals surface area contributed by atoms with E-state index in [4.69, 9.17) is 0 Å². The minimum Gasteiger partial charge on any atom is -0.363 e. The molecular formula is C27H27F3N4O. The van der Waals surface area contributed by atoms with Crippen molar-refractivity contribution in [3.05, 3.63) is 83.0 Å². The number of piperidine rings is 1. The number of rotatable bonds is 3. The molecule has 1 unspecified atom stereocenters. The molecule has 3 heterocycles. The Morgan fingerprint density at radius 1 is 1.09 bits per heavy atom. The highest BCUT2D eigenvalue weighted by molar-refractivity contribution is 5.99. The summed E-state index contributed by atoms with van der Waals surface area (Å²) in [6.45, 7) is 5.20. The number of likely N-dealkylation sites (tertiary alicyclic amines) is 1. The lowest BCUT2D eigenvalue weighted by Gasteiger charge is -2.38. The van der Waals surface area contributed by atoms with Crippen LogP contribution in [0.4, 0.5) is 19.0 Å². The highest BCUT2D eigenvalue weighted by Crippen LogP contribution is 2.59. The highest BCUT2D eigenvalue weighted by atomic mass is 19.4. The molecule has 3 aromatic rings. The quantitative estimate of drug-likeness (QED) is 0.530. The van der Waals surface area contributed by atoms with Crippen LogP contribution in [0.5, 0.6) is 0 Å². The van der Waals surface area contributed by atoms with E-state index in [2.05, 4.69) is 36.4 Å². The molecule has 1 saturated carbocycles. The van der Waals surface area contributed by atoms with Crippen molar-refractivity contribution in [3.63, 3.8) is 0 Å². The molecule has 1 aromatic heterocycles. The van der Waals surface area contributed by atoms with Gasteiger partial charge in [0.15, 0.2) is 0 Å². The van der Waals surface area contributed by atoms with Crippen LogP contribution < -0.4 is 5.32 Å². The van der Waals surface area contributed by atoms with E-state index >= 15 is 0 Å². The first-order valence-corrected chi connectivity index (χ1v) is 12.0. The van der Waals surface area contributed by atoms with Crippen LogP contribution in [0.25, 0.3) is 0 Å². The number of anilines is 1. The Hall–Kier alpha value is -3.29. The Kier molecular flexibility index (Phi) is 4.66. The zero-order valence-corrected chi connectivity index (χ0v) is 19.6. The number of hydrogen-bond donors (Lipinski definition) is 1. The summed E-state index contributed by atoms with van der Waals surface area (Å²) in [7, 11) is 0. The zero-order chi connectivity index (χ0) is 24.6. The van der Waals surface area contributed by atoms with Gasteiger partial charge in [0.05, 0.1) is 23.3 Å². The molecule has 1 aliphatic carbocycles. The second kappa shape index (κ2) is 7.35. The van der Waals surface area contributed by atoms with Gasteiger partial charge in [0, 0.05) is 18.5 Å². The second-order valence-corrected chi connectivity index (χ2v) is 10.8. The number of carbonyl (C=O) groups is 1. The average Bonchev–Trinajstić information content (AvgIpc) is 3.16. The van der Waals surface area contributed by atoms with Gasteiger partial charge in [-0.2, -0.15) is 18.3 Å². The van der Waals surface area contributed by atoms with Crippen LogP contribution in [-0.2, 0) is 17.1 Å². The van der Waals surface area contributed by atoms with Crippen molar-refractivity contribution in [2.45, 2.75) is 49.9 Å². The van der Waals surface area contributed by atoms with Crippen LogP contribution in [0, 0.1) is 5.92 Å². The number of carbonyl (C=O) groups excluding carboxylic acids is 1. The minimum absolute atomic E-state index is 0.0466. The van der Waals surface area contributed by atoms with E-state index in [0.29, 0.717) is 30.0 Å². The van der Waals surface area contributed by atoms with Crippen molar-refractivity contribution in [2.75, 3.05) is 18.4 Å². The molecule has 2 fully saturated rings. The van der Waals surface area contributed by atoms with Crippen molar-refractivity contribution in [1.29, 1.82) is 0 Å². The fourth-order valence-corrected chi connectivity index (χ4v) is 6.05. The molecular weight excluding hydrogens is 453 g/mol. The Bertz CT molecular complexity index is 1300. The smallest absolute Gasteiger partial charge is 0.363 e. The fourth-order valence-electron chi connectivity index (χ4n) is 6.05. The number of aromatic nitrogens is 2. The molecule has 0 bridgehead atoms. The van der Waals surface area contributed by atoms with Crippen molar-refractivity contribution in [3.8, 4) is 0 Å². The van der Waals surface area contributed by atoms with Crippen LogP contribution >= 0.6 is 0 Å². The Labute approximate surface area is 201 Å². The van der Waals surface area contributed by atoms with Gasteiger partial charge in [-0.1, -0.05) is 48.5 Å². The summed E-state index contributed by atoms with van der Waals surface area (Å²) in [4.78, 5) is 15.4. The number of alkyl halides is 3. The molecule has 2 aromatic carbocycles. The maximum atomic E-state index is 13.7. The predicted octanol–water partition coefficient (Wildman–Crippen LogP) is 5.61. The fraction of sp³-hybridized carbons (Fsp3) is 0.407. The summed E-state index contributed by atoms with van der Waals surface area (Å²) < 4.78 is 41.7. The van der Waals surface area contributed by atoms with E-state index in [1.807, 2.05) is 22.9 Å². The van der Waals surface area contributed by atoms with Gasteiger partial charge in [-0.15, -0.1) is 0 Å². The molecule has 1 N–H and O–H groups in total. The average molecular weight is 481 g/mol. The lowest BCUT2D eigenvalue weighted by Crippen LogP contribution is -2.39. The molecule has 1 saturated heterocycles. The lowest BCUT2D eigenvalue weighted by molar-refractivity contribution is -0.137. The minimum atomic E-state index is -4.38. The van der Waals surface area contributed by atoms with Gasteiger partial charge in [-0.3, -0.25) is 4.79 Å². The molecule has 3 aliphatic rings. The van der Waals surface area contributed by atoms with Gasteiger partial charge in [0.25, 0.3) is 5.91 Å². The van der Waals surface area contributed by atoms with Crippen LogP contribution in [-0.4, -0.2) is 33.7 Å². The van der Waals surface area contributed by atoms with Crippen LogP contribution in [0.3, 0.4) is 0 Å². The van der Waals surface area contributed by atoms with Crippen molar-refractivity contribution < 1.29 is 18.0 Å². The number of nitrogens with zero attached hydrogens (tertiary/aromatic N) is 3. The molecule has 8 heteroatoms. The van der Waals surface area contributed by atoms with E-state index in [1.165, 1.54) is 12.1 Å². The lowest BCUT2D eigenvalue weighted by atomic mass is 9.89. The maximum Gasteiger partial charge on any atom is 0.416 e. The summed E-state index contributed by atoms with van der Waals surface area (Å²) in [6, 6.07) is 15.8. The van der Waals surface area contributed by atoms with Crippen molar-refractivity contribution in [2.24, 2.45) is 5.92 Å². The third kappa shape index (κ3) is 3.53. The topological polar surface area (TPSA) is 50.2 Å². The first-order valence-electron chi connectivity index (χ1n) is 12.0. The number of halogens is 3. The molecule has 6 rings (SSSR count). The van der Waals surface area contributed by atoms with Crippen molar-refractivity contribution >= 4 is 11.7 Å². The Morgan fingerprint density at radius 2 is 1.86 bits per heavy atom. The largest absolute Gasteiger partial charge is 0.416 e. The first kappa shape index (κ1) is 22.2. The summed E-state index contributed by atoms with van der Waals surface area (Å²) in [5, 5.41) is 8.09. The maximum absolute atomic E-state index is 13.7. The number of fused-ring (bicyclic) bond motifs is 2. The zero-order valence-electron chi connectivity index (χ0n) is 19.6. The van der Waals surface area contributed by atoms with Gasteiger partial charge in [0.2, 0.25) is 0 Å². The molecule has 35 heavy (non-hydrogen) atoms. The summed E-state index contributed by atoms with van der Waals surface area (Å²) >= 11 is 0. The summed E-state index contributed by atoms with van der Waals surface area (Å²) in [5.41, 5.74) is 1.03. The van der Waals surface area contributed by atoms with E-state index in [0.717, 1.165) is 24.5 Å². The molecule has 182 valence electrons. The number of amides is 1. The molecule has 0 spiro atoms.